The third kappa shape index (κ3) is 3.31. The highest BCUT2D eigenvalue weighted by Crippen LogP contribution is 2.32. The van der Waals surface area contributed by atoms with Gasteiger partial charge in [0.15, 0.2) is 5.82 Å². The number of carbonyl (C=O) groups is 1. The number of rotatable bonds is 4. The summed E-state index contributed by atoms with van der Waals surface area (Å²) in [5, 5.41) is 5.34. The Hall–Kier alpha value is -3.41. The number of hydrogen-bond acceptors (Lipinski definition) is 4. The summed E-state index contributed by atoms with van der Waals surface area (Å²) in [6.07, 6.45) is 2.95. The average Bonchev–Trinajstić information content (AvgIpc) is 3.40. The Morgan fingerprint density at radius 3 is 2.79 bits per heavy atom. The number of fused-ring (bicyclic) bond motifs is 1. The molecule has 2 aromatic heterocycles. The number of H-pyrrole nitrogens is 1. The molecule has 0 saturated carbocycles. The topological polar surface area (TPSA) is 75.0 Å². The lowest BCUT2D eigenvalue weighted by atomic mass is 10.1. The quantitative estimate of drug-likeness (QED) is 0.568. The van der Waals surface area contributed by atoms with Crippen LogP contribution in [0.3, 0.4) is 0 Å². The maximum atomic E-state index is 12.6. The van der Waals surface area contributed by atoms with Crippen LogP contribution in [0, 0.1) is 13.8 Å². The molecule has 4 aromatic rings. The zero-order chi connectivity index (χ0) is 20.0. The third-order valence-electron chi connectivity index (χ3n) is 5.51. The van der Waals surface area contributed by atoms with Gasteiger partial charge < -0.3 is 14.4 Å². The summed E-state index contributed by atoms with van der Waals surface area (Å²) >= 11 is 0. The molecular formula is C23H22N4O2. The molecule has 29 heavy (non-hydrogen) atoms. The van der Waals surface area contributed by atoms with Crippen LogP contribution < -0.4 is 4.90 Å². The first-order valence-electron chi connectivity index (χ1n) is 9.83. The second-order valence-corrected chi connectivity index (χ2v) is 7.83. The minimum atomic E-state index is -0.0520. The van der Waals surface area contributed by atoms with E-state index in [4.69, 9.17) is 4.52 Å². The molecule has 0 aliphatic carbocycles. The van der Waals surface area contributed by atoms with E-state index in [1.54, 1.807) is 0 Å². The molecule has 1 saturated heterocycles. The van der Waals surface area contributed by atoms with Crippen molar-refractivity contribution in [2.75, 3.05) is 11.4 Å². The Bertz CT molecular complexity index is 1190. The molecule has 5 rings (SSSR count). The van der Waals surface area contributed by atoms with Gasteiger partial charge >= 0.3 is 0 Å². The molecule has 6 heteroatoms. The van der Waals surface area contributed by atoms with Crippen molar-refractivity contribution in [3.8, 4) is 0 Å². The number of benzene rings is 2. The molecule has 1 unspecified atom stereocenters. The van der Waals surface area contributed by atoms with Gasteiger partial charge in [-0.3, -0.25) is 4.79 Å². The number of carbonyl (C=O) groups excluding carboxylic acids is 1. The smallest absolute Gasteiger partial charge is 0.231 e. The van der Waals surface area contributed by atoms with E-state index < -0.39 is 0 Å². The zero-order valence-electron chi connectivity index (χ0n) is 16.5. The van der Waals surface area contributed by atoms with Gasteiger partial charge in [0.05, 0.1) is 6.42 Å². The van der Waals surface area contributed by atoms with Gasteiger partial charge in [-0.25, -0.2) is 0 Å². The summed E-state index contributed by atoms with van der Waals surface area (Å²) in [5.41, 5.74) is 5.45. The predicted octanol–water partition coefficient (Wildman–Crippen LogP) is 4.28. The molecule has 0 spiro atoms. The molecule has 1 aliphatic rings. The largest absolute Gasteiger partial charge is 0.361 e. The van der Waals surface area contributed by atoms with Crippen molar-refractivity contribution < 1.29 is 9.32 Å². The summed E-state index contributed by atoms with van der Waals surface area (Å²) in [7, 11) is 0. The van der Waals surface area contributed by atoms with Crippen molar-refractivity contribution in [3.63, 3.8) is 0 Å². The minimum Gasteiger partial charge on any atom is -0.361 e. The van der Waals surface area contributed by atoms with Crippen molar-refractivity contribution in [3.05, 3.63) is 77.1 Å². The predicted molar refractivity (Wildman–Crippen MR) is 111 cm³/mol. The molecule has 0 bridgehead atoms. The van der Waals surface area contributed by atoms with Gasteiger partial charge in [-0.05, 0) is 48.7 Å². The molecule has 1 atom stereocenters. The van der Waals surface area contributed by atoms with Crippen LogP contribution in [0.25, 0.3) is 10.9 Å². The fourth-order valence-electron chi connectivity index (χ4n) is 4.18. The number of aromatic amines is 1. The fraction of sp³-hybridized carbons (Fsp3) is 0.261. The first-order valence-corrected chi connectivity index (χ1v) is 9.83. The highest BCUT2D eigenvalue weighted by atomic mass is 16.5. The Morgan fingerprint density at radius 2 is 1.97 bits per heavy atom. The van der Waals surface area contributed by atoms with Gasteiger partial charge in [0.2, 0.25) is 11.8 Å². The van der Waals surface area contributed by atoms with Crippen LogP contribution in [0.5, 0.6) is 0 Å². The van der Waals surface area contributed by atoms with E-state index in [1.165, 1.54) is 0 Å². The number of hydrogen-bond donors (Lipinski definition) is 1. The van der Waals surface area contributed by atoms with Crippen LogP contribution in [0.1, 0.15) is 40.7 Å². The molecule has 2 aromatic carbocycles. The van der Waals surface area contributed by atoms with Crippen molar-refractivity contribution in [2.45, 2.75) is 32.6 Å². The second-order valence-electron chi connectivity index (χ2n) is 7.83. The van der Waals surface area contributed by atoms with E-state index in [2.05, 4.69) is 27.3 Å². The summed E-state index contributed by atoms with van der Waals surface area (Å²) in [6.45, 7) is 4.67. The van der Waals surface area contributed by atoms with Crippen LogP contribution in [0.15, 0.2) is 53.2 Å². The molecule has 146 valence electrons. The Kier molecular flexibility index (Phi) is 4.19. The standard InChI is InChI=1S/C23H22N4O2/c1-14-7-15(2)9-18(8-14)27-13-17(11-22(27)28)23-25-21(29-26-23)10-16-12-24-20-6-4-3-5-19(16)20/h3-9,12,17,24H,10-11,13H2,1-2H3. The van der Waals surface area contributed by atoms with Crippen molar-refractivity contribution in [1.82, 2.24) is 15.1 Å². The summed E-state index contributed by atoms with van der Waals surface area (Å²) in [6, 6.07) is 14.4. The van der Waals surface area contributed by atoms with Crippen LogP contribution in [-0.4, -0.2) is 27.6 Å². The Morgan fingerprint density at radius 1 is 1.17 bits per heavy atom. The van der Waals surface area contributed by atoms with Crippen molar-refractivity contribution >= 4 is 22.5 Å². The van der Waals surface area contributed by atoms with Gasteiger partial charge in [0.1, 0.15) is 0 Å². The molecule has 1 aliphatic heterocycles. The number of aryl methyl sites for hydroxylation is 2. The first-order chi connectivity index (χ1) is 14.1. The molecule has 3 heterocycles. The molecule has 1 fully saturated rings. The summed E-state index contributed by atoms with van der Waals surface area (Å²) in [4.78, 5) is 22.3. The normalized spacial score (nSPS) is 16.8. The SMILES string of the molecule is Cc1cc(C)cc(N2CC(c3noc(Cc4c[nH]c5ccccc45)n3)CC2=O)c1. The van der Waals surface area contributed by atoms with Gasteiger partial charge in [0, 0.05) is 41.7 Å². The monoisotopic (exact) mass is 386 g/mol. The van der Waals surface area contributed by atoms with E-state index in [1.807, 2.05) is 55.3 Å². The van der Waals surface area contributed by atoms with Crippen LogP contribution in [0.2, 0.25) is 0 Å². The molecule has 1 N–H and O–H groups in total. The number of nitrogens with zero attached hydrogens (tertiary/aromatic N) is 3. The Labute approximate surface area is 168 Å². The van der Waals surface area contributed by atoms with Gasteiger partial charge in [-0.15, -0.1) is 0 Å². The van der Waals surface area contributed by atoms with E-state index in [0.717, 1.165) is 33.3 Å². The van der Waals surface area contributed by atoms with Gasteiger partial charge in [-0.1, -0.05) is 29.4 Å². The van der Waals surface area contributed by atoms with Crippen LogP contribution in [-0.2, 0) is 11.2 Å². The average molecular weight is 386 g/mol. The maximum absolute atomic E-state index is 12.6. The van der Waals surface area contributed by atoms with E-state index in [0.29, 0.717) is 31.1 Å². The van der Waals surface area contributed by atoms with Crippen molar-refractivity contribution in [2.24, 2.45) is 0 Å². The number of amides is 1. The zero-order valence-corrected chi connectivity index (χ0v) is 16.5. The van der Waals surface area contributed by atoms with E-state index in [9.17, 15) is 4.79 Å². The number of aromatic nitrogens is 3. The highest BCUT2D eigenvalue weighted by Gasteiger charge is 2.34. The lowest BCUT2D eigenvalue weighted by molar-refractivity contribution is -0.117. The molecule has 6 nitrogen and oxygen atoms in total. The highest BCUT2D eigenvalue weighted by molar-refractivity contribution is 5.96. The molecular weight excluding hydrogens is 364 g/mol. The Balaban J connectivity index is 1.35. The van der Waals surface area contributed by atoms with Gasteiger partial charge in [0.25, 0.3) is 0 Å². The van der Waals surface area contributed by atoms with E-state index >= 15 is 0 Å². The van der Waals surface area contributed by atoms with Gasteiger partial charge in [-0.2, -0.15) is 4.98 Å². The minimum absolute atomic E-state index is 0.0520. The van der Waals surface area contributed by atoms with Crippen molar-refractivity contribution in [1.29, 1.82) is 0 Å². The number of anilines is 1. The van der Waals surface area contributed by atoms with Crippen LogP contribution in [0.4, 0.5) is 5.69 Å². The lowest BCUT2D eigenvalue weighted by Gasteiger charge is -2.17. The number of para-hydroxylation sites is 1. The second kappa shape index (κ2) is 6.88. The maximum Gasteiger partial charge on any atom is 0.231 e. The van der Waals surface area contributed by atoms with Crippen LogP contribution >= 0.6 is 0 Å². The van der Waals surface area contributed by atoms with E-state index in [-0.39, 0.29) is 11.8 Å². The molecule has 0 radical (unpaired) electrons. The number of nitrogens with one attached hydrogen (secondary N) is 1. The fourth-order valence-corrected chi connectivity index (χ4v) is 4.18. The summed E-state index contributed by atoms with van der Waals surface area (Å²) < 4.78 is 5.51. The lowest BCUT2D eigenvalue weighted by Crippen LogP contribution is -2.24. The first kappa shape index (κ1) is 17.7. The summed E-state index contributed by atoms with van der Waals surface area (Å²) in [5.74, 6) is 1.23. The third-order valence-corrected chi connectivity index (χ3v) is 5.51. The molecule has 1 amide bonds.